The lowest BCUT2D eigenvalue weighted by Gasteiger charge is -2.36. The first kappa shape index (κ1) is 31.1. The van der Waals surface area contributed by atoms with Gasteiger partial charge in [0.2, 0.25) is 17.7 Å². The third kappa shape index (κ3) is 9.31. The molecule has 10 heteroatoms. The molecule has 4 amide bonds. The number of carbonyl (C=O) groups excluding carboxylic acids is 4. The van der Waals surface area contributed by atoms with Gasteiger partial charge in [-0.3, -0.25) is 14.4 Å². The third-order valence-electron chi connectivity index (χ3n) is 6.62. The lowest BCUT2D eigenvalue weighted by molar-refractivity contribution is -0.143. The standard InChI is InChI=1S/C28H44N4O6/c1-18-10-9-11-19(2)23(18)24(25(35)30-20-12-7-6-8-13-20)32(16-17-33)26(36)21(14-15-22(29)34)31-27(37)38-28(3,4)5/h9-11,20-21,24,33H,6-8,12-17H2,1-5H3,(H2,29,34)(H,30,35)(H,31,37). The van der Waals surface area contributed by atoms with Crippen LogP contribution >= 0.6 is 0 Å². The van der Waals surface area contributed by atoms with Crippen molar-refractivity contribution in [3.8, 4) is 0 Å². The smallest absolute Gasteiger partial charge is 0.408 e. The SMILES string of the molecule is Cc1cccc(C)c1C(C(=O)NC1CCCCC1)N(CCO)C(=O)C(CCC(N)=O)NC(=O)OC(C)(C)C. The van der Waals surface area contributed by atoms with Crippen LogP contribution in [0.5, 0.6) is 0 Å². The first-order chi connectivity index (χ1) is 17.8. The van der Waals surface area contributed by atoms with E-state index in [0.29, 0.717) is 5.56 Å². The van der Waals surface area contributed by atoms with Crippen molar-refractivity contribution in [2.75, 3.05) is 13.2 Å². The van der Waals surface area contributed by atoms with E-state index in [1.54, 1.807) is 20.8 Å². The summed E-state index contributed by atoms with van der Waals surface area (Å²) >= 11 is 0. The van der Waals surface area contributed by atoms with E-state index in [2.05, 4.69) is 10.6 Å². The second-order valence-electron chi connectivity index (χ2n) is 11.0. The van der Waals surface area contributed by atoms with Crippen LogP contribution < -0.4 is 16.4 Å². The molecule has 1 aliphatic carbocycles. The monoisotopic (exact) mass is 532 g/mol. The normalized spacial score (nSPS) is 15.7. The molecular weight excluding hydrogens is 488 g/mol. The summed E-state index contributed by atoms with van der Waals surface area (Å²) in [6.45, 7) is 8.26. The summed E-state index contributed by atoms with van der Waals surface area (Å²) in [6.07, 6.45) is 3.81. The molecule has 2 rings (SSSR count). The maximum atomic E-state index is 14.0. The van der Waals surface area contributed by atoms with E-state index in [-0.39, 0.29) is 31.3 Å². The van der Waals surface area contributed by atoms with Gasteiger partial charge in [-0.05, 0) is 70.6 Å². The number of nitrogens with two attached hydrogens (primary N) is 1. The number of nitrogens with zero attached hydrogens (tertiary/aromatic N) is 1. The van der Waals surface area contributed by atoms with Crippen molar-refractivity contribution in [1.29, 1.82) is 0 Å². The van der Waals surface area contributed by atoms with Gasteiger partial charge in [0, 0.05) is 19.0 Å². The Bertz CT molecular complexity index is 964. The van der Waals surface area contributed by atoms with E-state index < -0.39 is 42.2 Å². The van der Waals surface area contributed by atoms with Crippen LogP contribution in [0, 0.1) is 13.8 Å². The first-order valence-electron chi connectivity index (χ1n) is 13.4. The molecule has 0 spiro atoms. The third-order valence-corrected chi connectivity index (χ3v) is 6.62. The van der Waals surface area contributed by atoms with Gasteiger partial charge in [-0.2, -0.15) is 0 Å². The Morgan fingerprint density at radius 2 is 1.71 bits per heavy atom. The molecule has 0 aromatic heterocycles. The van der Waals surface area contributed by atoms with Gasteiger partial charge >= 0.3 is 6.09 Å². The molecule has 1 aromatic carbocycles. The molecule has 2 atom stereocenters. The van der Waals surface area contributed by atoms with Gasteiger partial charge in [-0.15, -0.1) is 0 Å². The number of aliphatic hydroxyl groups is 1. The maximum Gasteiger partial charge on any atom is 0.408 e. The van der Waals surface area contributed by atoms with Crippen LogP contribution in [0.2, 0.25) is 0 Å². The van der Waals surface area contributed by atoms with Crippen molar-refractivity contribution in [3.63, 3.8) is 0 Å². The average Bonchev–Trinajstić information content (AvgIpc) is 2.82. The Kier molecular flexibility index (Phi) is 11.6. The highest BCUT2D eigenvalue weighted by Crippen LogP contribution is 2.30. The number of nitrogens with one attached hydrogen (secondary N) is 2. The van der Waals surface area contributed by atoms with E-state index in [9.17, 15) is 24.3 Å². The van der Waals surface area contributed by atoms with Crippen LogP contribution in [0.3, 0.4) is 0 Å². The first-order valence-corrected chi connectivity index (χ1v) is 13.4. The van der Waals surface area contributed by atoms with Gasteiger partial charge in [0.1, 0.15) is 17.7 Å². The van der Waals surface area contributed by atoms with Crippen LogP contribution in [-0.2, 0) is 19.1 Å². The number of rotatable bonds is 11. The Labute approximate surface area is 225 Å². The molecule has 1 aliphatic rings. The number of ether oxygens (including phenoxy) is 1. The number of amides is 4. The minimum atomic E-state index is -1.20. The molecule has 212 valence electrons. The number of carbonyl (C=O) groups is 4. The van der Waals surface area contributed by atoms with Gasteiger partial charge < -0.3 is 31.1 Å². The summed E-state index contributed by atoms with van der Waals surface area (Å²) in [5.74, 6) is -1.59. The number of hydrogen-bond donors (Lipinski definition) is 4. The van der Waals surface area contributed by atoms with Crippen molar-refractivity contribution in [1.82, 2.24) is 15.5 Å². The van der Waals surface area contributed by atoms with Gasteiger partial charge in [-0.1, -0.05) is 37.5 Å². The molecule has 5 N–H and O–H groups in total. The second kappa shape index (κ2) is 14.1. The Morgan fingerprint density at radius 1 is 1.11 bits per heavy atom. The van der Waals surface area contributed by atoms with Crippen LogP contribution in [0.15, 0.2) is 18.2 Å². The van der Waals surface area contributed by atoms with Gasteiger partial charge in [0.25, 0.3) is 0 Å². The van der Waals surface area contributed by atoms with E-state index in [1.165, 1.54) is 4.90 Å². The Morgan fingerprint density at radius 3 is 2.24 bits per heavy atom. The summed E-state index contributed by atoms with van der Waals surface area (Å²) in [5, 5.41) is 15.6. The molecule has 0 bridgehead atoms. The minimum Gasteiger partial charge on any atom is -0.444 e. The maximum absolute atomic E-state index is 14.0. The quantitative estimate of drug-likeness (QED) is 0.344. The number of alkyl carbamates (subject to hydrolysis) is 1. The lowest BCUT2D eigenvalue weighted by Crippen LogP contribution is -2.54. The fraction of sp³-hybridized carbons (Fsp3) is 0.643. The summed E-state index contributed by atoms with van der Waals surface area (Å²) < 4.78 is 5.33. The molecule has 2 unspecified atom stereocenters. The number of aliphatic hydroxyl groups excluding tert-OH is 1. The van der Waals surface area contributed by atoms with Crippen LogP contribution in [0.25, 0.3) is 0 Å². The van der Waals surface area contributed by atoms with Gasteiger partial charge in [0.15, 0.2) is 0 Å². The molecule has 1 fully saturated rings. The molecular formula is C28H44N4O6. The number of benzene rings is 1. The van der Waals surface area contributed by atoms with Crippen LogP contribution in [0.1, 0.15) is 88.4 Å². The number of aryl methyl sites for hydroxylation is 2. The number of hydrogen-bond acceptors (Lipinski definition) is 6. The predicted molar refractivity (Wildman–Crippen MR) is 144 cm³/mol. The zero-order chi connectivity index (χ0) is 28.5. The van der Waals surface area contributed by atoms with Crippen molar-refractivity contribution in [2.24, 2.45) is 5.73 Å². The average molecular weight is 533 g/mol. The zero-order valence-corrected chi connectivity index (χ0v) is 23.3. The molecule has 0 radical (unpaired) electrons. The summed E-state index contributed by atoms with van der Waals surface area (Å²) in [5.41, 5.74) is 6.82. The summed E-state index contributed by atoms with van der Waals surface area (Å²) in [4.78, 5) is 53.3. The fourth-order valence-corrected chi connectivity index (χ4v) is 4.88. The predicted octanol–water partition coefficient (Wildman–Crippen LogP) is 2.77. The van der Waals surface area contributed by atoms with Crippen molar-refractivity contribution < 1.29 is 29.0 Å². The van der Waals surface area contributed by atoms with E-state index in [0.717, 1.165) is 43.2 Å². The molecule has 0 saturated heterocycles. The molecule has 38 heavy (non-hydrogen) atoms. The highest BCUT2D eigenvalue weighted by molar-refractivity contribution is 5.93. The van der Waals surface area contributed by atoms with Crippen molar-refractivity contribution in [2.45, 2.75) is 103 Å². The van der Waals surface area contributed by atoms with E-state index >= 15 is 0 Å². The minimum absolute atomic E-state index is 0.000278. The van der Waals surface area contributed by atoms with Crippen LogP contribution in [-0.4, -0.2) is 64.7 Å². The number of primary amides is 1. The lowest BCUT2D eigenvalue weighted by atomic mass is 9.91. The summed E-state index contributed by atoms with van der Waals surface area (Å²) in [6, 6.07) is 3.37. The molecule has 10 nitrogen and oxygen atoms in total. The van der Waals surface area contributed by atoms with E-state index in [4.69, 9.17) is 10.5 Å². The van der Waals surface area contributed by atoms with E-state index in [1.807, 2.05) is 32.0 Å². The molecule has 0 aliphatic heterocycles. The van der Waals surface area contributed by atoms with Gasteiger partial charge in [0.05, 0.1) is 6.61 Å². The van der Waals surface area contributed by atoms with Crippen molar-refractivity contribution >= 4 is 23.8 Å². The molecule has 1 saturated carbocycles. The second-order valence-corrected chi connectivity index (χ2v) is 11.0. The Balaban J connectivity index is 2.49. The highest BCUT2D eigenvalue weighted by Gasteiger charge is 2.38. The molecule has 0 heterocycles. The highest BCUT2D eigenvalue weighted by atomic mass is 16.6. The molecule has 1 aromatic rings. The summed E-state index contributed by atoms with van der Waals surface area (Å²) in [7, 11) is 0. The topological polar surface area (TPSA) is 151 Å². The van der Waals surface area contributed by atoms with Crippen molar-refractivity contribution in [3.05, 3.63) is 34.9 Å². The fourth-order valence-electron chi connectivity index (χ4n) is 4.88. The zero-order valence-electron chi connectivity index (χ0n) is 23.3. The van der Waals surface area contributed by atoms with Crippen LogP contribution in [0.4, 0.5) is 4.79 Å². The van der Waals surface area contributed by atoms with Gasteiger partial charge in [-0.25, -0.2) is 4.79 Å². The largest absolute Gasteiger partial charge is 0.444 e. The Hall–Kier alpha value is -3.14.